The lowest BCUT2D eigenvalue weighted by Gasteiger charge is -2.42. The molecule has 1 amide bonds. The van der Waals surface area contributed by atoms with E-state index in [0.29, 0.717) is 12.6 Å². The van der Waals surface area contributed by atoms with E-state index in [1.54, 1.807) is 0 Å². The zero-order chi connectivity index (χ0) is 13.0. The highest BCUT2D eigenvalue weighted by Gasteiger charge is 2.27. The highest BCUT2D eigenvalue weighted by molar-refractivity contribution is 5.75. The normalized spacial score (nSPS) is 25.4. The zero-order valence-electron chi connectivity index (χ0n) is 11.5. The predicted molar refractivity (Wildman–Crippen MR) is 72.3 cm³/mol. The summed E-state index contributed by atoms with van der Waals surface area (Å²) in [6.45, 7) is 10.7. The number of piperazine rings is 1. The molecule has 5 heteroatoms. The molecular formula is C13H26N4O. The van der Waals surface area contributed by atoms with E-state index < -0.39 is 0 Å². The molecule has 0 unspecified atom stereocenters. The first-order valence-corrected chi connectivity index (χ1v) is 7.16. The molecule has 0 aliphatic carbocycles. The van der Waals surface area contributed by atoms with Gasteiger partial charge in [-0.05, 0) is 19.4 Å². The van der Waals surface area contributed by atoms with Gasteiger partial charge in [0.25, 0.3) is 0 Å². The minimum absolute atomic E-state index is 0.204. The van der Waals surface area contributed by atoms with E-state index in [4.69, 9.17) is 5.73 Å². The van der Waals surface area contributed by atoms with E-state index in [-0.39, 0.29) is 5.91 Å². The maximum atomic E-state index is 10.9. The van der Waals surface area contributed by atoms with Crippen LogP contribution in [0.25, 0.3) is 0 Å². The van der Waals surface area contributed by atoms with Crippen LogP contribution in [-0.4, -0.2) is 79.0 Å². The quantitative estimate of drug-likeness (QED) is 0.740. The smallest absolute Gasteiger partial charge is 0.231 e. The number of hydrogen-bond donors (Lipinski definition) is 1. The van der Waals surface area contributed by atoms with Crippen LogP contribution < -0.4 is 5.73 Å². The summed E-state index contributed by atoms with van der Waals surface area (Å²) >= 11 is 0. The second-order valence-electron chi connectivity index (χ2n) is 5.44. The van der Waals surface area contributed by atoms with Crippen molar-refractivity contribution in [3.05, 3.63) is 0 Å². The molecule has 2 heterocycles. The Balaban J connectivity index is 1.71. The Kier molecular flexibility index (Phi) is 4.97. The first-order valence-electron chi connectivity index (χ1n) is 7.16. The predicted octanol–water partition coefficient (Wildman–Crippen LogP) is -0.426. The van der Waals surface area contributed by atoms with Gasteiger partial charge in [0.05, 0.1) is 6.54 Å². The summed E-state index contributed by atoms with van der Waals surface area (Å²) in [5.41, 5.74) is 5.23. The van der Waals surface area contributed by atoms with Gasteiger partial charge in [-0.2, -0.15) is 0 Å². The molecule has 0 saturated carbocycles. The fourth-order valence-electron chi connectivity index (χ4n) is 3.11. The second kappa shape index (κ2) is 6.50. The van der Waals surface area contributed by atoms with Crippen LogP contribution in [0, 0.1) is 0 Å². The number of likely N-dealkylation sites (tertiary alicyclic amines) is 1. The minimum atomic E-state index is -0.204. The molecule has 2 aliphatic rings. The zero-order valence-corrected chi connectivity index (χ0v) is 11.5. The Hall–Kier alpha value is -0.650. The first kappa shape index (κ1) is 13.8. The molecule has 0 aromatic heterocycles. The van der Waals surface area contributed by atoms with Crippen molar-refractivity contribution in [1.82, 2.24) is 14.7 Å². The van der Waals surface area contributed by atoms with Gasteiger partial charge in [-0.15, -0.1) is 0 Å². The number of nitrogens with zero attached hydrogens (tertiary/aromatic N) is 3. The van der Waals surface area contributed by atoms with Crippen molar-refractivity contribution >= 4 is 5.91 Å². The molecule has 2 saturated heterocycles. The largest absolute Gasteiger partial charge is 0.369 e. The van der Waals surface area contributed by atoms with E-state index >= 15 is 0 Å². The highest BCUT2D eigenvalue weighted by atomic mass is 16.1. The minimum Gasteiger partial charge on any atom is -0.369 e. The lowest BCUT2D eigenvalue weighted by Crippen LogP contribution is -2.53. The van der Waals surface area contributed by atoms with Crippen molar-refractivity contribution in [2.24, 2.45) is 5.73 Å². The number of carbonyl (C=O) groups excluding carboxylic acids is 1. The summed E-state index contributed by atoms with van der Waals surface area (Å²) in [6.07, 6.45) is 2.36. The summed E-state index contributed by atoms with van der Waals surface area (Å²) in [4.78, 5) is 18.2. The number of likely N-dealkylation sites (N-methyl/N-ethyl adjacent to an activating group) is 1. The van der Waals surface area contributed by atoms with Crippen molar-refractivity contribution in [3.8, 4) is 0 Å². The molecule has 0 aromatic rings. The number of amides is 1. The van der Waals surface area contributed by atoms with Crippen LogP contribution in [0.4, 0.5) is 0 Å². The Bertz CT molecular complexity index is 268. The summed E-state index contributed by atoms with van der Waals surface area (Å²) in [5, 5.41) is 0. The van der Waals surface area contributed by atoms with Crippen LogP contribution in [-0.2, 0) is 4.79 Å². The van der Waals surface area contributed by atoms with Gasteiger partial charge in [0.2, 0.25) is 5.91 Å². The van der Waals surface area contributed by atoms with Gasteiger partial charge in [-0.25, -0.2) is 0 Å². The second-order valence-corrected chi connectivity index (χ2v) is 5.44. The Labute approximate surface area is 110 Å². The molecule has 5 nitrogen and oxygen atoms in total. The molecule has 0 spiro atoms. The van der Waals surface area contributed by atoms with Gasteiger partial charge < -0.3 is 10.6 Å². The fraction of sp³-hybridized carbons (Fsp3) is 0.923. The van der Waals surface area contributed by atoms with Gasteiger partial charge in [0.1, 0.15) is 0 Å². The van der Waals surface area contributed by atoms with Crippen molar-refractivity contribution in [3.63, 3.8) is 0 Å². The molecule has 0 radical (unpaired) electrons. The molecule has 104 valence electrons. The van der Waals surface area contributed by atoms with Gasteiger partial charge in [0.15, 0.2) is 0 Å². The van der Waals surface area contributed by atoms with Crippen molar-refractivity contribution < 1.29 is 4.79 Å². The molecule has 18 heavy (non-hydrogen) atoms. The lowest BCUT2D eigenvalue weighted by molar-refractivity contribution is -0.119. The SMILES string of the molecule is CCN1CCN(C2CCN(CC(N)=O)CC2)CC1. The summed E-state index contributed by atoms with van der Waals surface area (Å²) in [5.74, 6) is -0.204. The van der Waals surface area contributed by atoms with Crippen molar-refractivity contribution in [2.75, 3.05) is 52.4 Å². The van der Waals surface area contributed by atoms with Crippen LogP contribution in [0.1, 0.15) is 19.8 Å². The Morgan fingerprint density at radius 1 is 1.06 bits per heavy atom. The highest BCUT2D eigenvalue weighted by Crippen LogP contribution is 2.17. The first-order chi connectivity index (χ1) is 8.69. The van der Waals surface area contributed by atoms with Gasteiger partial charge >= 0.3 is 0 Å². The third-order valence-corrected chi connectivity index (χ3v) is 4.31. The average Bonchev–Trinajstić information content (AvgIpc) is 2.39. The molecule has 0 bridgehead atoms. The number of hydrogen-bond acceptors (Lipinski definition) is 4. The monoisotopic (exact) mass is 254 g/mol. The van der Waals surface area contributed by atoms with Crippen LogP contribution in [0.3, 0.4) is 0 Å². The van der Waals surface area contributed by atoms with E-state index in [1.807, 2.05) is 0 Å². The van der Waals surface area contributed by atoms with Crippen LogP contribution >= 0.6 is 0 Å². The maximum absolute atomic E-state index is 10.9. The molecule has 0 aromatic carbocycles. The van der Waals surface area contributed by atoms with E-state index in [9.17, 15) is 4.79 Å². The number of piperidine rings is 1. The Morgan fingerprint density at radius 2 is 1.67 bits per heavy atom. The standard InChI is InChI=1S/C13H26N4O/c1-2-15-7-9-17(10-8-15)12-3-5-16(6-4-12)11-13(14)18/h12H,2-11H2,1H3,(H2,14,18). The van der Waals surface area contributed by atoms with Crippen molar-refractivity contribution in [2.45, 2.75) is 25.8 Å². The fourth-order valence-corrected chi connectivity index (χ4v) is 3.11. The van der Waals surface area contributed by atoms with Gasteiger partial charge in [-0.3, -0.25) is 14.6 Å². The molecule has 2 N–H and O–H groups in total. The van der Waals surface area contributed by atoms with E-state index in [0.717, 1.165) is 13.1 Å². The summed E-state index contributed by atoms with van der Waals surface area (Å²) in [7, 11) is 0. The third kappa shape index (κ3) is 3.67. The number of carbonyl (C=O) groups is 1. The topological polar surface area (TPSA) is 52.8 Å². The van der Waals surface area contributed by atoms with Gasteiger partial charge in [0, 0.05) is 45.3 Å². The van der Waals surface area contributed by atoms with Crippen LogP contribution in [0.2, 0.25) is 0 Å². The summed E-state index contributed by atoms with van der Waals surface area (Å²) in [6, 6.07) is 0.716. The van der Waals surface area contributed by atoms with Crippen LogP contribution in [0.15, 0.2) is 0 Å². The number of nitrogens with two attached hydrogens (primary N) is 1. The molecular weight excluding hydrogens is 228 g/mol. The van der Waals surface area contributed by atoms with Crippen LogP contribution in [0.5, 0.6) is 0 Å². The Morgan fingerprint density at radius 3 is 2.17 bits per heavy atom. The molecule has 2 rings (SSSR count). The van der Waals surface area contributed by atoms with E-state index in [2.05, 4.69) is 21.6 Å². The van der Waals surface area contributed by atoms with Gasteiger partial charge in [-0.1, -0.05) is 6.92 Å². The average molecular weight is 254 g/mol. The molecule has 0 atom stereocenters. The van der Waals surface area contributed by atoms with E-state index in [1.165, 1.54) is 45.6 Å². The number of rotatable bonds is 4. The third-order valence-electron chi connectivity index (χ3n) is 4.31. The lowest BCUT2D eigenvalue weighted by atomic mass is 10.0. The molecule has 2 aliphatic heterocycles. The maximum Gasteiger partial charge on any atom is 0.231 e. The summed E-state index contributed by atoms with van der Waals surface area (Å²) < 4.78 is 0. The molecule has 2 fully saturated rings. The number of primary amides is 1. The van der Waals surface area contributed by atoms with Crippen molar-refractivity contribution in [1.29, 1.82) is 0 Å².